The summed E-state index contributed by atoms with van der Waals surface area (Å²) in [5.74, 6) is 0.245. The van der Waals surface area contributed by atoms with Gasteiger partial charge in [-0.25, -0.2) is 0 Å². The third kappa shape index (κ3) is 4.24. The molecular weight excluding hydrogens is 357 g/mol. The smallest absolute Gasteiger partial charge is 0.254 e. The summed E-state index contributed by atoms with van der Waals surface area (Å²) in [7, 11) is 0. The summed E-state index contributed by atoms with van der Waals surface area (Å²) in [5.41, 5.74) is 3.32. The fraction of sp³-hybridized carbons (Fsp3) is 0.632. The van der Waals surface area contributed by atoms with E-state index in [1.807, 2.05) is 12.1 Å². The van der Waals surface area contributed by atoms with Crippen LogP contribution in [0.4, 0.5) is 5.69 Å². The largest absolute Gasteiger partial charge is 0.385 e. The SMILES string of the molecule is Cl.Cl.O=C(c1cccc2c1CCCN2)N1CCCC(N2CCCC2)C1. The van der Waals surface area contributed by atoms with E-state index >= 15 is 0 Å². The van der Waals surface area contributed by atoms with Crippen molar-refractivity contribution in [3.05, 3.63) is 29.3 Å². The molecule has 3 aliphatic heterocycles. The van der Waals surface area contributed by atoms with Crippen LogP contribution in [-0.2, 0) is 6.42 Å². The first-order valence-corrected chi connectivity index (χ1v) is 9.22. The molecule has 2 fully saturated rings. The number of carbonyl (C=O) groups excluding carboxylic acids is 1. The summed E-state index contributed by atoms with van der Waals surface area (Å²) < 4.78 is 0. The Bertz CT molecular complexity index is 590. The van der Waals surface area contributed by atoms with Crippen molar-refractivity contribution in [1.82, 2.24) is 9.80 Å². The molecule has 3 aliphatic rings. The molecule has 0 saturated carbocycles. The Hall–Kier alpha value is -0.970. The quantitative estimate of drug-likeness (QED) is 0.844. The fourth-order valence-electron chi connectivity index (χ4n) is 4.42. The average molecular weight is 386 g/mol. The molecule has 0 aliphatic carbocycles. The monoisotopic (exact) mass is 385 g/mol. The van der Waals surface area contributed by atoms with Gasteiger partial charge in [-0.05, 0) is 69.3 Å². The molecule has 1 amide bonds. The molecule has 25 heavy (non-hydrogen) atoms. The van der Waals surface area contributed by atoms with Crippen LogP contribution in [0, 0.1) is 0 Å². The molecule has 4 rings (SSSR count). The number of carbonyl (C=O) groups is 1. The van der Waals surface area contributed by atoms with Crippen LogP contribution in [-0.4, -0.2) is 54.5 Å². The highest BCUT2D eigenvalue weighted by Crippen LogP contribution is 2.28. The third-order valence-corrected chi connectivity index (χ3v) is 5.67. The number of piperidine rings is 1. The number of hydrogen-bond acceptors (Lipinski definition) is 3. The molecule has 1 aromatic rings. The molecule has 0 radical (unpaired) electrons. The molecule has 0 bridgehead atoms. The molecule has 0 aromatic heterocycles. The van der Waals surface area contributed by atoms with Gasteiger partial charge in [-0.1, -0.05) is 6.07 Å². The number of halogens is 2. The van der Waals surface area contributed by atoms with E-state index < -0.39 is 0 Å². The fourth-order valence-corrected chi connectivity index (χ4v) is 4.42. The molecule has 1 aromatic carbocycles. The van der Waals surface area contributed by atoms with Crippen molar-refractivity contribution in [3.63, 3.8) is 0 Å². The van der Waals surface area contributed by atoms with Crippen molar-refractivity contribution in [2.45, 2.75) is 44.6 Å². The van der Waals surface area contributed by atoms with E-state index in [0.717, 1.165) is 50.1 Å². The summed E-state index contributed by atoms with van der Waals surface area (Å²) >= 11 is 0. The first kappa shape index (κ1) is 20.3. The standard InChI is InChI=1S/C19H27N3O.2ClH/c23-19(17-7-3-9-18-16(17)8-4-10-20-18)22-13-5-6-15(14-22)21-11-1-2-12-21;;/h3,7,9,15,20H,1-2,4-6,8,10-14H2;2*1H. The molecule has 4 nitrogen and oxygen atoms in total. The van der Waals surface area contributed by atoms with Crippen LogP contribution >= 0.6 is 24.8 Å². The number of anilines is 1. The van der Waals surface area contributed by atoms with E-state index in [9.17, 15) is 4.79 Å². The lowest BCUT2D eigenvalue weighted by Gasteiger charge is -2.38. The van der Waals surface area contributed by atoms with E-state index in [1.165, 1.54) is 37.9 Å². The van der Waals surface area contributed by atoms with Gasteiger partial charge in [0.2, 0.25) is 0 Å². The number of rotatable bonds is 2. The average Bonchev–Trinajstić information content (AvgIpc) is 3.15. The summed E-state index contributed by atoms with van der Waals surface area (Å²) in [6.07, 6.45) is 7.17. The predicted octanol–water partition coefficient (Wildman–Crippen LogP) is 3.59. The van der Waals surface area contributed by atoms with E-state index in [4.69, 9.17) is 0 Å². The van der Waals surface area contributed by atoms with Crippen molar-refractivity contribution < 1.29 is 4.79 Å². The minimum atomic E-state index is 0. The molecule has 140 valence electrons. The lowest BCUT2D eigenvalue weighted by molar-refractivity contribution is 0.0607. The van der Waals surface area contributed by atoms with Crippen LogP contribution in [0.3, 0.4) is 0 Å². The van der Waals surface area contributed by atoms with E-state index in [0.29, 0.717) is 6.04 Å². The molecule has 6 heteroatoms. The summed E-state index contributed by atoms with van der Waals surface area (Å²) in [6.45, 7) is 5.29. The van der Waals surface area contributed by atoms with Crippen molar-refractivity contribution in [2.75, 3.05) is 38.0 Å². The number of nitrogens with zero attached hydrogens (tertiary/aromatic N) is 2. The molecule has 1 N–H and O–H groups in total. The van der Waals surface area contributed by atoms with Gasteiger partial charge in [0.15, 0.2) is 0 Å². The van der Waals surface area contributed by atoms with Crippen molar-refractivity contribution in [2.24, 2.45) is 0 Å². The van der Waals surface area contributed by atoms with Crippen LogP contribution in [0.25, 0.3) is 0 Å². The highest BCUT2D eigenvalue weighted by molar-refractivity contribution is 5.97. The van der Waals surface area contributed by atoms with E-state index in [2.05, 4.69) is 21.2 Å². The maximum absolute atomic E-state index is 13.1. The first-order valence-electron chi connectivity index (χ1n) is 9.22. The first-order chi connectivity index (χ1) is 11.3. The van der Waals surface area contributed by atoms with Gasteiger partial charge in [0.1, 0.15) is 0 Å². The van der Waals surface area contributed by atoms with Gasteiger partial charge < -0.3 is 10.2 Å². The molecular formula is C19H29Cl2N3O. The van der Waals surface area contributed by atoms with Crippen LogP contribution in [0.5, 0.6) is 0 Å². The van der Waals surface area contributed by atoms with Gasteiger partial charge in [-0.2, -0.15) is 0 Å². The van der Waals surface area contributed by atoms with Gasteiger partial charge >= 0.3 is 0 Å². The topological polar surface area (TPSA) is 35.6 Å². The van der Waals surface area contributed by atoms with Gasteiger partial charge in [0.05, 0.1) is 0 Å². The van der Waals surface area contributed by atoms with Gasteiger partial charge in [-0.3, -0.25) is 9.69 Å². The van der Waals surface area contributed by atoms with E-state index in [1.54, 1.807) is 0 Å². The number of likely N-dealkylation sites (tertiary alicyclic amines) is 2. The lowest BCUT2D eigenvalue weighted by Crippen LogP contribution is -2.49. The van der Waals surface area contributed by atoms with Crippen LogP contribution < -0.4 is 5.32 Å². The number of benzene rings is 1. The Labute approximate surface area is 163 Å². The van der Waals surface area contributed by atoms with Gasteiger partial charge in [-0.15, -0.1) is 24.8 Å². The second-order valence-electron chi connectivity index (χ2n) is 7.15. The zero-order chi connectivity index (χ0) is 15.6. The highest BCUT2D eigenvalue weighted by atomic mass is 35.5. The maximum Gasteiger partial charge on any atom is 0.254 e. The van der Waals surface area contributed by atoms with Crippen molar-refractivity contribution in [3.8, 4) is 0 Å². The Morgan fingerprint density at radius 2 is 1.84 bits per heavy atom. The second-order valence-corrected chi connectivity index (χ2v) is 7.15. The lowest BCUT2D eigenvalue weighted by atomic mass is 9.95. The van der Waals surface area contributed by atoms with E-state index in [-0.39, 0.29) is 30.7 Å². The Balaban J connectivity index is 0.00000113. The van der Waals surface area contributed by atoms with Crippen molar-refractivity contribution >= 4 is 36.4 Å². The summed E-state index contributed by atoms with van der Waals surface area (Å²) in [6, 6.07) is 6.72. The highest BCUT2D eigenvalue weighted by Gasteiger charge is 2.30. The molecule has 3 heterocycles. The second kappa shape index (κ2) is 9.11. The molecule has 1 unspecified atom stereocenters. The minimum Gasteiger partial charge on any atom is -0.385 e. The molecule has 0 spiro atoms. The van der Waals surface area contributed by atoms with Gasteiger partial charge in [0.25, 0.3) is 5.91 Å². The maximum atomic E-state index is 13.1. The zero-order valence-electron chi connectivity index (χ0n) is 14.7. The van der Waals surface area contributed by atoms with Crippen LogP contribution in [0.15, 0.2) is 18.2 Å². The summed E-state index contributed by atoms with van der Waals surface area (Å²) in [5, 5.41) is 3.44. The number of amides is 1. The summed E-state index contributed by atoms with van der Waals surface area (Å²) in [4.78, 5) is 17.8. The number of fused-ring (bicyclic) bond motifs is 1. The Morgan fingerprint density at radius 1 is 1.04 bits per heavy atom. The predicted molar refractivity (Wildman–Crippen MR) is 107 cm³/mol. The Kier molecular flexibility index (Phi) is 7.41. The molecule has 2 saturated heterocycles. The number of nitrogens with one attached hydrogen (secondary N) is 1. The van der Waals surface area contributed by atoms with Crippen LogP contribution in [0.1, 0.15) is 48.0 Å². The molecule has 1 atom stereocenters. The third-order valence-electron chi connectivity index (χ3n) is 5.67. The number of hydrogen-bond donors (Lipinski definition) is 1. The van der Waals surface area contributed by atoms with Crippen molar-refractivity contribution in [1.29, 1.82) is 0 Å². The normalized spacial score (nSPS) is 23.0. The van der Waals surface area contributed by atoms with Gasteiger partial charge in [0, 0.05) is 36.9 Å². The minimum absolute atomic E-state index is 0. The zero-order valence-corrected chi connectivity index (χ0v) is 16.3. The Morgan fingerprint density at radius 3 is 2.64 bits per heavy atom. The van der Waals surface area contributed by atoms with Crippen LogP contribution in [0.2, 0.25) is 0 Å².